The predicted molar refractivity (Wildman–Crippen MR) is 86.7 cm³/mol. The molecule has 20 heavy (non-hydrogen) atoms. The molecule has 0 aliphatic heterocycles. The number of methoxy groups -OCH3 is 1. The van der Waals surface area contributed by atoms with E-state index in [4.69, 9.17) is 16.3 Å². The molecule has 0 bridgehead atoms. The van der Waals surface area contributed by atoms with Crippen LogP contribution < -0.4 is 10.1 Å². The molecule has 1 aromatic carbocycles. The van der Waals surface area contributed by atoms with Gasteiger partial charge in [-0.3, -0.25) is 0 Å². The number of nitrogens with zero attached hydrogens (tertiary/aromatic N) is 1. The Hall–Kier alpha value is -1.26. The molecule has 106 valence electrons. The molecule has 0 saturated heterocycles. The Labute approximate surface area is 132 Å². The molecular weight excluding hydrogens is 340 g/mol. The van der Waals surface area contributed by atoms with Crippen molar-refractivity contribution >= 4 is 33.2 Å². The first-order valence-corrected chi connectivity index (χ1v) is 7.40. The summed E-state index contributed by atoms with van der Waals surface area (Å²) in [4.78, 5) is 4.14. The van der Waals surface area contributed by atoms with Gasteiger partial charge in [0.25, 0.3) is 0 Å². The minimum atomic E-state index is 0.152. The van der Waals surface area contributed by atoms with Gasteiger partial charge in [-0.2, -0.15) is 0 Å². The van der Waals surface area contributed by atoms with Gasteiger partial charge >= 0.3 is 0 Å². The number of pyridine rings is 1. The van der Waals surface area contributed by atoms with Crippen LogP contribution in [0.4, 0.5) is 5.69 Å². The largest absolute Gasteiger partial charge is 0.496 e. The monoisotopic (exact) mass is 354 g/mol. The normalized spacial score (nSPS) is 12.1. The van der Waals surface area contributed by atoms with Gasteiger partial charge in [-0.15, -0.1) is 0 Å². The minimum Gasteiger partial charge on any atom is -0.496 e. The van der Waals surface area contributed by atoms with Gasteiger partial charge in [-0.25, -0.2) is 4.98 Å². The third-order valence-electron chi connectivity index (χ3n) is 3.07. The van der Waals surface area contributed by atoms with Gasteiger partial charge in [0.15, 0.2) is 0 Å². The van der Waals surface area contributed by atoms with Gasteiger partial charge in [0.1, 0.15) is 10.9 Å². The lowest BCUT2D eigenvalue weighted by molar-refractivity contribution is 0.412. The fourth-order valence-corrected chi connectivity index (χ4v) is 2.58. The van der Waals surface area contributed by atoms with Gasteiger partial charge in [0, 0.05) is 6.04 Å². The molecule has 1 aromatic heterocycles. The number of benzene rings is 1. The zero-order chi connectivity index (χ0) is 14.7. The zero-order valence-electron chi connectivity index (χ0n) is 11.6. The molecule has 0 aliphatic carbocycles. The van der Waals surface area contributed by atoms with Gasteiger partial charge in [0.2, 0.25) is 0 Å². The first-order chi connectivity index (χ1) is 9.51. The van der Waals surface area contributed by atoms with E-state index in [0.717, 1.165) is 27.0 Å². The van der Waals surface area contributed by atoms with Crippen molar-refractivity contribution in [1.29, 1.82) is 0 Å². The first kappa shape index (κ1) is 15.1. The average Bonchev–Trinajstić information content (AvgIpc) is 2.42. The van der Waals surface area contributed by atoms with Crippen LogP contribution in [0.5, 0.6) is 5.75 Å². The molecule has 2 rings (SSSR count). The van der Waals surface area contributed by atoms with Gasteiger partial charge in [-0.1, -0.05) is 17.7 Å². The number of ether oxygens (including phenoxy) is 1. The topological polar surface area (TPSA) is 34.1 Å². The Bertz CT molecular complexity index is 619. The average molecular weight is 356 g/mol. The third-order valence-corrected chi connectivity index (χ3v) is 4.09. The first-order valence-electron chi connectivity index (χ1n) is 6.23. The van der Waals surface area contributed by atoms with E-state index in [1.807, 2.05) is 31.2 Å². The highest BCUT2D eigenvalue weighted by atomic mass is 79.9. The van der Waals surface area contributed by atoms with E-state index in [9.17, 15) is 0 Å². The molecule has 0 radical (unpaired) electrons. The summed E-state index contributed by atoms with van der Waals surface area (Å²) < 4.78 is 6.18. The Morgan fingerprint density at radius 3 is 2.70 bits per heavy atom. The van der Waals surface area contributed by atoms with E-state index in [1.54, 1.807) is 13.3 Å². The number of anilines is 1. The highest BCUT2D eigenvalue weighted by Gasteiger charge is 2.09. The molecular formula is C15H16BrClN2O. The lowest BCUT2D eigenvalue weighted by Crippen LogP contribution is -2.07. The molecule has 0 fully saturated rings. The lowest BCUT2D eigenvalue weighted by Gasteiger charge is -2.17. The van der Waals surface area contributed by atoms with Gasteiger partial charge in [-0.05, 0) is 59.1 Å². The Kier molecular flexibility index (Phi) is 4.89. The van der Waals surface area contributed by atoms with Crippen molar-refractivity contribution in [2.24, 2.45) is 0 Å². The molecule has 1 N–H and O–H groups in total. The molecule has 0 saturated carbocycles. The number of nitrogens with one attached hydrogen (secondary N) is 1. The molecule has 5 heteroatoms. The van der Waals surface area contributed by atoms with Crippen molar-refractivity contribution in [3.05, 3.63) is 51.2 Å². The van der Waals surface area contributed by atoms with Crippen LogP contribution in [0.2, 0.25) is 5.15 Å². The van der Waals surface area contributed by atoms with Crippen LogP contribution in [0.3, 0.4) is 0 Å². The number of rotatable bonds is 4. The number of hydrogen-bond acceptors (Lipinski definition) is 3. The maximum atomic E-state index is 5.93. The second-order valence-electron chi connectivity index (χ2n) is 4.59. The summed E-state index contributed by atoms with van der Waals surface area (Å²) in [7, 11) is 1.66. The maximum absolute atomic E-state index is 5.93. The van der Waals surface area contributed by atoms with Crippen LogP contribution in [0.1, 0.15) is 24.1 Å². The van der Waals surface area contributed by atoms with E-state index in [2.05, 4.69) is 33.2 Å². The highest BCUT2D eigenvalue weighted by molar-refractivity contribution is 9.10. The van der Waals surface area contributed by atoms with Crippen molar-refractivity contribution in [3.8, 4) is 5.75 Å². The standard InChI is InChI=1S/C15H16BrClN2O/c1-9-6-12(8-18-15(9)17)19-10(2)11-4-5-14(20-3)13(16)7-11/h4-8,10,19H,1-3H3. The smallest absolute Gasteiger partial charge is 0.133 e. The number of halogens is 2. The van der Waals surface area contributed by atoms with Crippen molar-refractivity contribution in [3.63, 3.8) is 0 Å². The second kappa shape index (κ2) is 6.46. The predicted octanol–water partition coefficient (Wildman–Crippen LogP) is 4.99. The van der Waals surface area contributed by atoms with Gasteiger partial charge < -0.3 is 10.1 Å². The fraction of sp³-hybridized carbons (Fsp3) is 0.267. The highest BCUT2D eigenvalue weighted by Crippen LogP contribution is 2.29. The van der Waals surface area contributed by atoms with Crippen LogP contribution in [0.15, 0.2) is 34.9 Å². The molecule has 1 atom stereocenters. The molecule has 1 heterocycles. The summed E-state index contributed by atoms with van der Waals surface area (Å²) >= 11 is 9.43. The summed E-state index contributed by atoms with van der Waals surface area (Å²) in [6, 6.07) is 8.18. The molecule has 0 aliphatic rings. The van der Waals surface area contributed by atoms with E-state index < -0.39 is 0 Å². The maximum Gasteiger partial charge on any atom is 0.133 e. The lowest BCUT2D eigenvalue weighted by atomic mass is 10.1. The van der Waals surface area contributed by atoms with Crippen molar-refractivity contribution in [2.45, 2.75) is 19.9 Å². The Morgan fingerprint density at radius 1 is 1.35 bits per heavy atom. The van der Waals surface area contributed by atoms with E-state index >= 15 is 0 Å². The molecule has 0 spiro atoms. The van der Waals surface area contributed by atoms with Crippen molar-refractivity contribution in [1.82, 2.24) is 4.98 Å². The van der Waals surface area contributed by atoms with Crippen LogP contribution in [-0.2, 0) is 0 Å². The quantitative estimate of drug-likeness (QED) is 0.785. The van der Waals surface area contributed by atoms with E-state index in [0.29, 0.717) is 5.15 Å². The SMILES string of the molecule is COc1ccc(C(C)Nc2cnc(Cl)c(C)c2)cc1Br. The van der Waals surface area contributed by atoms with Crippen molar-refractivity contribution < 1.29 is 4.74 Å². The minimum absolute atomic E-state index is 0.152. The number of aryl methyl sites for hydroxylation is 1. The molecule has 0 amide bonds. The van der Waals surface area contributed by atoms with E-state index in [1.165, 1.54) is 0 Å². The summed E-state index contributed by atoms with van der Waals surface area (Å²) in [5.74, 6) is 0.824. The van der Waals surface area contributed by atoms with Crippen LogP contribution in [0.25, 0.3) is 0 Å². The van der Waals surface area contributed by atoms with Crippen LogP contribution in [0, 0.1) is 6.92 Å². The van der Waals surface area contributed by atoms with E-state index in [-0.39, 0.29) is 6.04 Å². The number of aromatic nitrogens is 1. The molecule has 3 nitrogen and oxygen atoms in total. The third kappa shape index (κ3) is 3.44. The van der Waals surface area contributed by atoms with Crippen molar-refractivity contribution in [2.75, 3.05) is 12.4 Å². The summed E-state index contributed by atoms with van der Waals surface area (Å²) in [6.45, 7) is 4.04. The Morgan fingerprint density at radius 2 is 2.10 bits per heavy atom. The van der Waals surface area contributed by atoms with Crippen LogP contribution in [-0.4, -0.2) is 12.1 Å². The Balaban J connectivity index is 2.17. The number of hydrogen-bond donors (Lipinski definition) is 1. The summed E-state index contributed by atoms with van der Waals surface area (Å²) in [6.07, 6.45) is 1.74. The van der Waals surface area contributed by atoms with Crippen LogP contribution >= 0.6 is 27.5 Å². The molecule has 2 aromatic rings. The fourth-order valence-electron chi connectivity index (χ4n) is 1.92. The summed E-state index contributed by atoms with van der Waals surface area (Å²) in [5.41, 5.74) is 3.07. The van der Waals surface area contributed by atoms with Gasteiger partial charge in [0.05, 0.1) is 23.5 Å². The summed E-state index contributed by atoms with van der Waals surface area (Å²) in [5, 5.41) is 3.95. The zero-order valence-corrected chi connectivity index (χ0v) is 13.9. The second-order valence-corrected chi connectivity index (χ2v) is 5.80. The molecule has 1 unspecified atom stereocenters.